The van der Waals surface area contributed by atoms with Crippen LogP contribution in [-0.4, -0.2) is 39.9 Å². The zero-order valence-electron chi connectivity index (χ0n) is 18.6. The maximum atomic E-state index is 11.5. The summed E-state index contributed by atoms with van der Waals surface area (Å²) >= 11 is 4.80. The summed E-state index contributed by atoms with van der Waals surface area (Å²) in [5.41, 5.74) is 3.99. The lowest BCUT2D eigenvalue weighted by Crippen LogP contribution is -2.12. The Morgan fingerprint density at radius 2 is 1.94 bits per heavy atom. The molecule has 0 unspecified atom stereocenters. The first-order valence-electron chi connectivity index (χ1n) is 10.0. The van der Waals surface area contributed by atoms with Crippen LogP contribution in [0.4, 0.5) is 0 Å². The Bertz CT molecular complexity index is 1140. The summed E-state index contributed by atoms with van der Waals surface area (Å²) < 4.78 is 13.7. The molecule has 0 spiro atoms. The summed E-state index contributed by atoms with van der Waals surface area (Å²) in [6.07, 6.45) is 0. The fourth-order valence-electron chi connectivity index (χ4n) is 3.29. The molecule has 0 radical (unpaired) electrons. The maximum absolute atomic E-state index is 11.5. The third kappa shape index (κ3) is 5.24. The van der Waals surface area contributed by atoms with Gasteiger partial charge in [-0.05, 0) is 84.6 Å². The number of methoxy groups -OCH3 is 1. The predicted molar refractivity (Wildman–Crippen MR) is 128 cm³/mol. The molecule has 1 aromatic heterocycles. The highest BCUT2D eigenvalue weighted by molar-refractivity contribution is 9.10. The zero-order valence-corrected chi connectivity index (χ0v) is 21.0. The summed E-state index contributed by atoms with van der Waals surface area (Å²) in [5.74, 6) is 1.79. The molecule has 3 rings (SSSR count). The molecule has 0 saturated heterocycles. The van der Waals surface area contributed by atoms with Crippen molar-refractivity contribution in [2.45, 2.75) is 38.1 Å². The van der Waals surface area contributed by atoms with Crippen LogP contribution in [0.1, 0.15) is 34.7 Å². The van der Waals surface area contributed by atoms with E-state index in [0.717, 1.165) is 16.8 Å². The van der Waals surface area contributed by atoms with Crippen LogP contribution in [0.15, 0.2) is 40.0 Å². The van der Waals surface area contributed by atoms with Crippen molar-refractivity contribution in [3.8, 4) is 17.2 Å². The second-order valence-corrected chi connectivity index (χ2v) is 9.25. The Labute approximate surface area is 199 Å². The van der Waals surface area contributed by atoms with Gasteiger partial charge in [0.25, 0.3) is 0 Å². The van der Waals surface area contributed by atoms with Crippen LogP contribution in [-0.2, 0) is 0 Å². The normalized spacial score (nSPS) is 11.9. The molecular formula is C22H25BrN4O4S. The van der Waals surface area contributed by atoms with Gasteiger partial charge in [0, 0.05) is 10.6 Å². The predicted octanol–water partition coefficient (Wildman–Crippen LogP) is 5.47. The van der Waals surface area contributed by atoms with Crippen molar-refractivity contribution < 1.29 is 14.4 Å². The number of benzene rings is 2. The largest absolute Gasteiger partial charge is 0.492 e. The van der Waals surface area contributed by atoms with Gasteiger partial charge in [0.2, 0.25) is 6.54 Å². The number of ether oxygens (including phenoxy) is 2. The molecule has 0 aliphatic heterocycles. The second kappa shape index (κ2) is 10.4. The number of hydrogen-bond donors (Lipinski definition) is 0. The first-order valence-corrected chi connectivity index (χ1v) is 11.7. The third-order valence-corrected chi connectivity index (χ3v) is 6.78. The average molecular weight is 521 g/mol. The summed E-state index contributed by atoms with van der Waals surface area (Å²) in [7, 11) is 1.56. The van der Waals surface area contributed by atoms with Gasteiger partial charge in [-0.1, -0.05) is 17.8 Å². The molecule has 1 heterocycles. The van der Waals surface area contributed by atoms with Crippen molar-refractivity contribution in [2.75, 3.05) is 20.3 Å². The fourth-order valence-corrected chi connectivity index (χ4v) is 5.06. The van der Waals surface area contributed by atoms with E-state index in [2.05, 4.69) is 39.1 Å². The van der Waals surface area contributed by atoms with Gasteiger partial charge in [-0.15, -0.1) is 10.2 Å². The Morgan fingerprint density at radius 3 is 2.56 bits per heavy atom. The van der Waals surface area contributed by atoms with Gasteiger partial charge in [-0.2, -0.15) is 0 Å². The molecule has 10 heteroatoms. The molecule has 0 N–H and O–H groups in total. The van der Waals surface area contributed by atoms with Gasteiger partial charge in [0.05, 0.1) is 18.2 Å². The van der Waals surface area contributed by atoms with Crippen LogP contribution in [0.2, 0.25) is 0 Å². The molecule has 3 aromatic rings. The third-order valence-electron chi connectivity index (χ3n) is 5.01. The topological polar surface area (TPSA) is 92.3 Å². The molecule has 0 aliphatic rings. The van der Waals surface area contributed by atoms with Crippen molar-refractivity contribution >= 4 is 27.7 Å². The molecule has 1 atom stereocenters. The van der Waals surface area contributed by atoms with E-state index >= 15 is 0 Å². The minimum absolute atomic E-state index is 0.284. The number of rotatable bonds is 9. The number of hydrogen-bond acceptors (Lipinski definition) is 7. The van der Waals surface area contributed by atoms with Crippen molar-refractivity contribution in [3.63, 3.8) is 0 Å². The monoisotopic (exact) mass is 520 g/mol. The van der Waals surface area contributed by atoms with E-state index in [1.807, 2.05) is 43.5 Å². The summed E-state index contributed by atoms with van der Waals surface area (Å²) in [6.45, 7) is 8.00. The highest BCUT2D eigenvalue weighted by Gasteiger charge is 2.26. The second-order valence-electron chi connectivity index (χ2n) is 7.22. The Morgan fingerprint density at radius 1 is 1.19 bits per heavy atom. The number of aromatic nitrogens is 3. The van der Waals surface area contributed by atoms with Crippen LogP contribution in [0, 0.1) is 30.9 Å². The van der Waals surface area contributed by atoms with Crippen LogP contribution in [0.25, 0.3) is 5.69 Å². The van der Waals surface area contributed by atoms with Gasteiger partial charge < -0.3 is 9.47 Å². The number of nitrogens with zero attached hydrogens (tertiary/aromatic N) is 4. The molecule has 2 aromatic carbocycles. The number of aryl methyl sites for hydroxylation is 3. The highest BCUT2D eigenvalue weighted by Crippen LogP contribution is 2.43. The van der Waals surface area contributed by atoms with E-state index in [4.69, 9.17) is 9.47 Å². The Hall–Kier alpha value is -2.59. The van der Waals surface area contributed by atoms with Gasteiger partial charge in [0.1, 0.15) is 11.1 Å². The first kappa shape index (κ1) is 24.1. The first-order chi connectivity index (χ1) is 15.2. The van der Waals surface area contributed by atoms with E-state index < -0.39 is 5.25 Å². The van der Waals surface area contributed by atoms with Crippen LogP contribution in [0.3, 0.4) is 0 Å². The van der Waals surface area contributed by atoms with Crippen molar-refractivity contribution in [1.29, 1.82) is 0 Å². The standard InChI is InChI=1S/C22H25BrN4O4S/c1-6-31-19-11-16(10-18(23)21(19)30-5)20(12-26(28)29)32-22-25-24-15(4)27(22)17-8-7-13(2)14(3)9-17/h7-11,20H,6,12H2,1-5H3/t20-/m1/s1. The molecule has 0 amide bonds. The SMILES string of the molecule is CCOc1cc([C@@H](C[N+](=O)[O-])Sc2nnc(C)n2-c2ccc(C)c(C)c2)cc(Br)c1OC. The molecule has 8 nitrogen and oxygen atoms in total. The van der Waals surface area contributed by atoms with Crippen molar-refractivity contribution in [3.05, 3.63) is 67.4 Å². The number of nitro groups is 1. The molecular weight excluding hydrogens is 496 g/mol. The highest BCUT2D eigenvalue weighted by atomic mass is 79.9. The quantitative estimate of drug-likeness (QED) is 0.209. The molecule has 0 fully saturated rings. The van der Waals surface area contributed by atoms with E-state index in [-0.39, 0.29) is 11.5 Å². The number of thioether (sulfide) groups is 1. The van der Waals surface area contributed by atoms with Crippen LogP contribution >= 0.6 is 27.7 Å². The Kier molecular flexibility index (Phi) is 7.78. The van der Waals surface area contributed by atoms with E-state index in [1.54, 1.807) is 13.2 Å². The number of halogens is 1. The van der Waals surface area contributed by atoms with Crippen LogP contribution < -0.4 is 9.47 Å². The summed E-state index contributed by atoms with van der Waals surface area (Å²) in [4.78, 5) is 11.2. The average Bonchev–Trinajstić information content (AvgIpc) is 3.09. The molecule has 170 valence electrons. The van der Waals surface area contributed by atoms with Gasteiger partial charge >= 0.3 is 0 Å². The van der Waals surface area contributed by atoms with Gasteiger partial charge in [-0.25, -0.2) is 0 Å². The van der Waals surface area contributed by atoms with E-state index in [0.29, 0.717) is 33.6 Å². The molecule has 0 aliphatic carbocycles. The zero-order chi connectivity index (χ0) is 23.4. The maximum Gasteiger partial charge on any atom is 0.220 e. The van der Waals surface area contributed by atoms with E-state index in [1.165, 1.54) is 17.3 Å². The minimum Gasteiger partial charge on any atom is -0.492 e. The molecule has 0 bridgehead atoms. The van der Waals surface area contributed by atoms with E-state index in [9.17, 15) is 10.1 Å². The lowest BCUT2D eigenvalue weighted by atomic mass is 10.1. The summed E-state index contributed by atoms with van der Waals surface area (Å²) in [6, 6.07) is 9.73. The molecule has 0 saturated carbocycles. The Balaban J connectivity index is 2.05. The minimum atomic E-state index is -0.514. The van der Waals surface area contributed by atoms with Gasteiger partial charge in [0.15, 0.2) is 16.7 Å². The van der Waals surface area contributed by atoms with Gasteiger partial charge in [-0.3, -0.25) is 14.7 Å². The van der Waals surface area contributed by atoms with Crippen molar-refractivity contribution in [2.24, 2.45) is 0 Å². The summed E-state index contributed by atoms with van der Waals surface area (Å²) in [5, 5.41) is 20.1. The fraction of sp³-hybridized carbons (Fsp3) is 0.364. The lowest BCUT2D eigenvalue weighted by molar-refractivity contribution is -0.479. The van der Waals surface area contributed by atoms with Crippen molar-refractivity contribution in [1.82, 2.24) is 14.8 Å². The smallest absolute Gasteiger partial charge is 0.220 e. The lowest BCUT2D eigenvalue weighted by Gasteiger charge is -2.18. The van der Waals surface area contributed by atoms with Crippen LogP contribution in [0.5, 0.6) is 11.5 Å². The molecule has 32 heavy (non-hydrogen) atoms.